The highest BCUT2D eigenvalue weighted by Gasteiger charge is 2.05. The molecule has 0 saturated carbocycles. The molecule has 2 N–H and O–H groups in total. The molecule has 0 fully saturated rings. The largest absolute Gasteiger partial charge is 0.325 e. The minimum Gasteiger partial charge on any atom is -0.325 e. The Kier molecular flexibility index (Phi) is 3.05. The zero-order chi connectivity index (χ0) is 9.90. The second-order valence-electron chi connectivity index (χ2n) is 2.88. The number of hydrogen-bond acceptors (Lipinski definition) is 4. The van der Waals surface area contributed by atoms with Crippen molar-refractivity contribution in [3.8, 4) is 0 Å². The monoisotopic (exact) mass is 203 g/mol. The standard InChI is InChI=1S/C7H13N3O2S/c1-13(11,12)5-4-10-7(6-8)2-3-9-10/h2-3H,4-6,8H2,1H3. The fourth-order valence-corrected chi connectivity index (χ4v) is 1.49. The third-order valence-corrected chi connectivity index (χ3v) is 2.61. The molecular weight excluding hydrogens is 190 g/mol. The fourth-order valence-electron chi connectivity index (χ4n) is 0.987. The van der Waals surface area contributed by atoms with Crippen LogP contribution in [0.2, 0.25) is 0 Å². The highest BCUT2D eigenvalue weighted by molar-refractivity contribution is 7.90. The Labute approximate surface area is 77.5 Å². The van der Waals surface area contributed by atoms with Crippen molar-refractivity contribution in [2.45, 2.75) is 13.1 Å². The normalized spacial score (nSPS) is 11.8. The minimum atomic E-state index is -2.93. The zero-order valence-electron chi connectivity index (χ0n) is 7.47. The number of aromatic nitrogens is 2. The summed E-state index contributed by atoms with van der Waals surface area (Å²) in [5.41, 5.74) is 6.27. The van der Waals surface area contributed by atoms with Crippen LogP contribution in [0.15, 0.2) is 12.3 Å². The molecule has 0 aliphatic heterocycles. The van der Waals surface area contributed by atoms with E-state index in [-0.39, 0.29) is 5.75 Å². The summed E-state index contributed by atoms with van der Waals surface area (Å²) in [6, 6.07) is 1.78. The van der Waals surface area contributed by atoms with Gasteiger partial charge in [-0.3, -0.25) is 4.68 Å². The predicted octanol–water partition coefficient (Wildman–Crippen LogP) is -0.614. The van der Waals surface area contributed by atoms with Crippen molar-refractivity contribution in [1.29, 1.82) is 0 Å². The molecule has 1 aromatic rings. The van der Waals surface area contributed by atoms with Crippen LogP contribution < -0.4 is 5.73 Å². The molecule has 1 aromatic heterocycles. The molecule has 1 heterocycles. The number of sulfone groups is 1. The van der Waals surface area contributed by atoms with Crippen molar-refractivity contribution in [2.75, 3.05) is 12.0 Å². The van der Waals surface area contributed by atoms with Gasteiger partial charge in [-0.2, -0.15) is 5.10 Å². The van der Waals surface area contributed by atoms with E-state index in [1.807, 2.05) is 0 Å². The predicted molar refractivity (Wildman–Crippen MR) is 49.8 cm³/mol. The van der Waals surface area contributed by atoms with E-state index in [9.17, 15) is 8.42 Å². The van der Waals surface area contributed by atoms with Gasteiger partial charge in [-0.15, -0.1) is 0 Å². The van der Waals surface area contributed by atoms with Crippen LogP contribution in [0.5, 0.6) is 0 Å². The number of nitrogens with zero attached hydrogens (tertiary/aromatic N) is 2. The third kappa shape index (κ3) is 3.16. The van der Waals surface area contributed by atoms with E-state index < -0.39 is 9.84 Å². The average Bonchev–Trinajstić information content (AvgIpc) is 2.46. The van der Waals surface area contributed by atoms with Gasteiger partial charge in [-0.05, 0) is 6.07 Å². The van der Waals surface area contributed by atoms with Crippen molar-refractivity contribution in [2.24, 2.45) is 5.73 Å². The van der Waals surface area contributed by atoms with Gasteiger partial charge in [0.15, 0.2) is 0 Å². The lowest BCUT2D eigenvalue weighted by Crippen LogP contribution is -2.15. The summed E-state index contributed by atoms with van der Waals surface area (Å²) in [5, 5.41) is 3.96. The topological polar surface area (TPSA) is 78.0 Å². The highest BCUT2D eigenvalue weighted by Crippen LogP contribution is 1.97. The Bertz CT molecular complexity index is 369. The molecule has 5 nitrogen and oxygen atoms in total. The lowest BCUT2D eigenvalue weighted by atomic mass is 10.4. The Morgan fingerprint density at radius 1 is 1.62 bits per heavy atom. The molecule has 0 amide bonds. The molecule has 74 valence electrons. The molecule has 6 heteroatoms. The van der Waals surface area contributed by atoms with E-state index in [2.05, 4.69) is 5.10 Å². The van der Waals surface area contributed by atoms with Crippen LogP contribution in [0.4, 0.5) is 0 Å². The first kappa shape index (κ1) is 10.2. The van der Waals surface area contributed by atoms with Crippen LogP contribution in [-0.2, 0) is 22.9 Å². The Morgan fingerprint density at radius 3 is 2.85 bits per heavy atom. The Hall–Kier alpha value is -0.880. The van der Waals surface area contributed by atoms with Gasteiger partial charge in [0.2, 0.25) is 0 Å². The summed E-state index contributed by atoms with van der Waals surface area (Å²) in [6.07, 6.45) is 2.82. The molecule has 0 aliphatic rings. The SMILES string of the molecule is CS(=O)(=O)CCn1nccc1CN. The molecule has 0 radical (unpaired) electrons. The van der Waals surface area contributed by atoms with Crippen molar-refractivity contribution >= 4 is 9.84 Å². The van der Waals surface area contributed by atoms with Crippen LogP contribution in [0.1, 0.15) is 5.69 Å². The quantitative estimate of drug-likeness (QED) is 0.708. The summed E-state index contributed by atoms with van der Waals surface area (Å²) >= 11 is 0. The Morgan fingerprint density at radius 2 is 2.31 bits per heavy atom. The molecule has 0 aliphatic carbocycles. The van der Waals surface area contributed by atoms with Gasteiger partial charge in [0.1, 0.15) is 9.84 Å². The summed E-state index contributed by atoms with van der Waals surface area (Å²) in [7, 11) is -2.93. The second kappa shape index (κ2) is 3.89. The lowest BCUT2D eigenvalue weighted by molar-refractivity contribution is 0.578. The summed E-state index contributed by atoms with van der Waals surface area (Å²) < 4.78 is 23.3. The highest BCUT2D eigenvalue weighted by atomic mass is 32.2. The molecule has 0 unspecified atom stereocenters. The van der Waals surface area contributed by atoms with Gasteiger partial charge in [0.05, 0.1) is 18.0 Å². The van der Waals surface area contributed by atoms with E-state index in [0.717, 1.165) is 5.69 Å². The van der Waals surface area contributed by atoms with Gasteiger partial charge in [0, 0.05) is 19.0 Å². The number of rotatable bonds is 4. The van der Waals surface area contributed by atoms with Crippen molar-refractivity contribution < 1.29 is 8.42 Å². The maximum absolute atomic E-state index is 10.9. The molecular formula is C7H13N3O2S. The molecule has 13 heavy (non-hydrogen) atoms. The molecule has 1 rings (SSSR count). The molecule has 0 aromatic carbocycles. The first-order chi connectivity index (χ1) is 6.03. The van der Waals surface area contributed by atoms with Crippen LogP contribution >= 0.6 is 0 Å². The second-order valence-corrected chi connectivity index (χ2v) is 5.14. The summed E-state index contributed by atoms with van der Waals surface area (Å²) in [5.74, 6) is 0.0989. The fraction of sp³-hybridized carbons (Fsp3) is 0.571. The van der Waals surface area contributed by atoms with E-state index >= 15 is 0 Å². The van der Waals surface area contributed by atoms with Crippen molar-refractivity contribution in [3.05, 3.63) is 18.0 Å². The number of nitrogens with two attached hydrogens (primary N) is 1. The van der Waals surface area contributed by atoms with Gasteiger partial charge in [-0.25, -0.2) is 8.42 Å². The van der Waals surface area contributed by atoms with Crippen molar-refractivity contribution in [1.82, 2.24) is 9.78 Å². The van der Waals surface area contributed by atoms with Crippen LogP contribution in [0, 0.1) is 0 Å². The van der Waals surface area contributed by atoms with E-state index in [0.29, 0.717) is 13.1 Å². The summed E-state index contributed by atoms with van der Waals surface area (Å²) in [6.45, 7) is 0.752. The van der Waals surface area contributed by atoms with Gasteiger partial charge in [0.25, 0.3) is 0 Å². The number of aryl methyl sites for hydroxylation is 1. The molecule has 0 atom stereocenters. The van der Waals surface area contributed by atoms with E-state index in [4.69, 9.17) is 5.73 Å². The van der Waals surface area contributed by atoms with E-state index in [1.165, 1.54) is 6.26 Å². The van der Waals surface area contributed by atoms with E-state index in [1.54, 1.807) is 16.9 Å². The van der Waals surface area contributed by atoms with Gasteiger partial charge in [-0.1, -0.05) is 0 Å². The molecule has 0 bridgehead atoms. The lowest BCUT2D eigenvalue weighted by Gasteiger charge is -2.03. The number of hydrogen-bond donors (Lipinski definition) is 1. The minimum absolute atomic E-state index is 0.0989. The van der Waals surface area contributed by atoms with Crippen LogP contribution in [0.25, 0.3) is 0 Å². The smallest absolute Gasteiger partial charge is 0.149 e. The average molecular weight is 203 g/mol. The molecule has 0 saturated heterocycles. The first-order valence-corrected chi connectivity index (χ1v) is 5.97. The third-order valence-electron chi connectivity index (χ3n) is 1.69. The van der Waals surface area contributed by atoms with Gasteiger partial charge >= 0.3 is 0 Å². The first-order valence-electron chi connectivity index (χ1n) is 3.91. The van der Waals surface area contributed by atoms with Crippen LogP contribution in [-0.4, -0.2) is 30.2 Å². The maximum atomic E-state index is 10.9. The van der Waals surface area contributed by atoms with Crippen LogP contribution in [0.3, 0.4) is 0 Å². The van der Waals surface area contributed by atoms with Crippen molar-refractivity contribution in [3.63, 3.8) is 0 Å². The molecule has 0 spiro atoms. The Balaban J connectivity index is 2.64. The summed E-state index contributed by atoms with van der Waals surface area (Å²) in [4.78, 5) is 0. The van der Waals surface area contributed by atoms with Gasteiger partial charge < -0.3 is 5.73 Å². The maximum Gasteiger partial charge on any atom is 0.149 e. The zero-order valence-corrected chi connectivity index (χ0v) is 8.29.